The van der Waals surface area contributed by atoms with Crippen LogP contribution in [0.5, 0.6) is 0 Å². The molecule has 0 spiro atoms. The van der Waals surface area contributed by atoms with Gasteiger partial charge in [0.05, 0.1) is 0 Å². The zero-order valence-corrected chi connectivity index (χ0v) is 16.5. The van der Waals surface area contributed by atoms with E-state index in [1.165, 1.54) is 17.0 Å². The number of imide groups is 1. The van der Waals surface area contributed by atoms with Crippen LogP contribution in [0.2, 0.25) is 0 Å². The molecule has 2 aliphatic rings. The highest BCUT2D eigenvalue weighted by atomic mass is 16.2. The van der Waals surface area contributed by atoms with Crippen molar-refractivity contribution >= 4 is 42.7 Å². The molecule has 1 atom stereocenters. The highest BCUT2D eigenvalue weighted by molar-refractivity contribution is 6.43. The minimum atomic E-state index is -0.770. The first-order valence-electron chi connectivity index (χ1n) is 9.78. The molecule has 154 valence electrons. The summed E-state index contributed by atoms with van der Waals surface area (Å²) in [6.45, 7) is 0.248. The van der Waals surface area contributed by atoms with Crippen LogP contribution < -0.4 is 16.1 Å². The molecular formula is C22H18BN3O5. The lowest BCUT2D eigenvalue weighted by molar-refractivity contribution is -0.136. The maximum absolute atomic E-state index is 12.8. The standard InChI is InChI=1S/C22H18BN3O5/c23-14-6-4-12(5-7-14)19(28)21(30)24-10-13-2-1-3-15-16(13)11-26(22(15)31)17-8-9-18(27)25-20(17)29/h1-7,17H,8-11H2,(H,24,30)(H,25,27,29). The number of ketones is 1. The van der Waals surface area contributed by atoms with E-state index >= 15 is 0 Å². The van der Waals surface area contributed by atoms with Crippen molar-refractivity contribution in [2.24, 2.45) is 0 Å². The van der Waals surface area contributed by atoms with E-state index < -0.39 is 23.6 Å². The fourth-order valence-corrected chi connectivity index (χ4v) is 3.84. The number of carbonyl (C=O) groups excluding carboxylic acids is 5. The van der Waals surface area contributed by atoms with Crippen LogP contribution in [0, 0.1) is 0 Å². The Balaban J connectivity index is 1.47. The van der Waals surface area contributed by atoms with E-state index in [9.17, 15) is 24.0 Å². The van der Waals surface area contributed by atoms with Crippen LogP contribution in [0.4, 0.5) is 0 Å². The summed E-state index contributed by atoms with van der Waals surface area (Å²) < 4.78 is 0. The van der Waals surface area contributed by atoms with E-state index in [4.69, 9.17) is 7.85 Å². The number of nitrogens with zero attached hydrogens (tertiary/aromatic N) is 1. The monoisotopic (exact) mass is 415 g/mol. The van der Waals surface area contributed by atoms with Crippen LogP contribution >= 0.6 is 0 Å². The molecule has 1 fully saturated rings. The maximum Gasteiger partial charge on any atom is 0.292 e. The number of carbonyl (C=O) groups is 5. The van der Waals surface area contributed by atoms with Crippen molar-refractivity contribution < 1.29 is 24.0 Å². The second kappa shape index (κ2) is 8.18. The molecule has 2 aliphatic heterocycles. The van der Waals surface area contributed by atoms with Gasteiger partial charge in [0.2, 0.25) is 17.6 Å². The molecule has 4 amide bonds. The number of nitrogens with one attached hydrogen (secondary N) is 2. The van der Waals surface area contributed by atoms with Crippen molar-refractivity contribution in [2.75, 3.05) is 0 Å². The number of rotatable bonds is 5. The third-order valence-electron chi connectivity index (χ3n) is 5.50. The van der Waals surface area contributed by atoms with Gasteiger partial charge in [0.25, 0.3) is 11.8 Å². The molecule has 4 rings (SSSR count). The third-order valence-corrected chi connectivity index (χ3v) is 5.50. The van der Waals surface area contributed by atoms with Crippen molar-refractivity contribution in [2.45, 2.75) is 32.0 Å². The van der Waals surface area contributed by atoms with Gasteiger partial charge in [-0.15, -0.1) is 0 Å². The van der Waals surface area contributed by atoms with Crippen LogP contribution in [0.25, 0.3) is 0 Å². The Labute approximate surface area is 179 Å². The number of hydrogen-bond acceptors (Lipinski definition) is 5. The fraction of sp³-hybridized carbons (Fsp3) is 0.227. The van der Waals surface area contributed by atoms with Gasteiger partial charge in [0.15, 0.2) is 0 Å². The topological polar surface area (TPSA) is 113 Å². The van der Waals surface area contributed by atoms with E-state index in [2.05, 4.69) is 10.6 Å². The van der Waals surface area contributed by atoms with Gasteiger partial charge in [-0.2, -0.15) is 0 Å². The quantitative estimate of drug-likeness (QED) is 0.303. The molecule has 2 aromatic rings. The van der Waals surface area contributed by atoms with Gasteiger partial charge in [-0.3, -0.25) is 29.3 Å². The van der Waals surface area contributed by atoms with Gasteiger partial charge in [-0.1, -0.05) is 41.9 Å². The molecule has 2 N–H and O–H groups in total. The molecule has 2 aromatic carbocycles. The number of benzene rings is 2. The van der Waals surface area contributed by atoms with Crippen LogP contribution in [0.3, 0.4) is 0 Å². The molecule has 31 heavy (non-hydrogen) atoms. The first-order chi connectivity index (χ1) is 14.8. The minimum absolute atomic E-state index is 0.0548. The van der Waals surface area contributed by atoms with E-state index in [0.29, 0.717) is 22.2 Å². The van der Waals surface area contributed by atoms with E-state index in [0.717, 1.165) is 0 Å². The summed E-state index contributed by atoms with van der Waals surface area (Å²) in [4.78, 5) is 62.5. The summed E-state index contributed by atoms with van der Waals surface area (Å²) in [5.41, 5.74) is 2.53. The van der Waals surface area contributed by atoms with Crippen molar-refractivity contribution in [1.29, 1.82) is 0 Å². The van der Waals surface area contributed by atoms with Crippen molar-refractivity contribution in [3.8, 4) is 0 Å². The molecule has 2 radical (unpaired) electrons. The summed E-state index contributed by atoms with van der Waals surface area (Å²) in [5.74, 6) is -2.58. The molecule has 0 saturated carbocycles. The highest BCUT2D eigenvalue weighted by Gasteiger charge is 2.39. The van der Waals surface area contributed by atoms with Gasteiger partial charge in [0.1, 0.15) is 13.9 Å². The summed E-state index contributed by atoms with van der Waals surface area (Å²) in [5, 5.41) is 4.86. The summed E-state index contributed by atoms with van der Waals surface area (Å²) in [6, 6.07) is 10.4. The van der Waals surface area contributed by atoms with Crippen LogP contribution in [-0.4, -0.2) is 48.2 Å². The first kappa shape index (κ1) is 20.5. The Kier molecular flexibility index (Phi) is 5.41. The minimum Gasteiger partial charge on any atom is -0.345 e. The zero-order valence-electron chi connectivity index (χ0n) is 16.5. The predicted molar refractivity (Wildman–Crippen MR) is 110 cm³/mol. The number of fused-ring (bicyclic) bond motifs is 1. The molecule has 9 heteroatoms. The lowest BCUT2D eigenvalue weighted by atomic mass is 9.94. The highest BCUT2D eigenvalue weighted by Crippen LogP contribution is 2.29. The Morgan fingerprint density at radius 3 is 2.55 bits per heavy atom. The smallest absolute Gasteiger partial charge is 0.292 e. The molecule has 0 bridgehead atoms. The molecular weight excluding hydrogens is 397 g/mol. The van der Waals surface area contributed by atoms with E-state index in [1.807, 2.05) is 0 Å². The van der Waals surface area contributed by atoms with E-state index in [1.54, 1.807) is 30.3 Å². The van der Waals surface area contributed by atoms with Gasteiger partial charge in [-0.05, 0) is 23.6 Å². The third kappa shape index (κ3) is 3.99. The number of Topliss-reactive ketones (excluding diaryl/α,β-unsaturated/α-hetero) is 1. The van der Waals surface area contributed by atoms with Gasteiger partial charge >= 0.3 is 0 Å². The molecule has 1 saturated heterocycles. The van der Waals surface area contributed by atoms with Gasteiger partial charge in [0, 0.05) is 30.6 Å². The SMILES string of the molecule is [B]c1ccc(C(=O)C(=O)NCc2cccc3c2CN(C2CCC(=O)NC2=O)C3=O)cc1. The lowest BCUT2D eigenvalue weighted by Gasteiger charge is -2.29. The Hall–Kier alpha value is -3.75. The number of hydrogen-bond donors (Lipinski definition) is 2. The summed E-state index contributed by atoms with van der Waals surface area (Å²) in [6.07, 6.45) is 0.444. The van der Waals surface area contributed by atoms with Crippen molar-refractivity contribution in [3.63, 3.8) is 0 Å². The maximum atomic E-state index is 12.8. The van der Waals surface area contributed by atoms with Gasteiger partial charge in [-0.25, -0.2) is 0 Å². The second-order valence-electron chi connectivity index (χ2n) is 7.48. The van der Waals surface area contributed by atoms with Gasteiger partial charge < -0.3 is 10.2 Å². The molecule has 8 nitrogen and oxygen atoms in total. The first-order valence-corrected chi connectivity index (χ1v) is 9.78. The average molecular weight is 415 g/mol. The van der Waals surface area contributed by atoms with Crippen molar-refractivity contribution in [1.82, 2.24) is 15.5 Å². The largest absolute Gasteiger partial charge is 0.345 e. The van der Waals surface area contributed by atoms with Crippen LogP contribution in [0.1, 0.15) is 44.7 Å². The normalized spacial score (nSPS) is 17.9. The average Bonchev–Trinajstić information content (AvgIpc) is 3.09. The molecule has 0 aromatic heterocycles. The van der Waals surface area contributed by atoms with E-state index in [-0.39, 0.29) is 43.3 Å². The molecule has 1 unspecified atom stereocenters. The number of amides is 4. The van der Waals surface area contributed by atoms with Crippen LogP contribution in [-0.2, 0) is 27.5 Å². The van der Waals surface area contributed by atoms with Crippen molar-refractivity contribution in [3.05, 3.63) is 64.7 Å². The predicted octanol–water partition coefficient (Wildman–Crippen LogP) is -0.260. The lowest BCUT2D eigenvalue weighted by Crippen LogP contribution is -2.52. The Morgan fingerprint density at radius 1 is 1.10 bits per heavy atom. The Bertz CT molecular complexity index is 1110. The summed E-state index contributed by atoms with van der Waals surface area (Å²) >= 11 is 0. The molecule has 2 heterocycles. The number of piperidine rings is 1. The zero-order chi connectivity index (χ0) is 22.1. The summed E-state index contributed by atoms with van der Waals surface area (Å²) in [7, 11) is 5.60. The Morgan fingerprint density at radius 2 is 1.84 bits per heavy atom. The fourth-order valence-electron chi connectivity index (χ4n) is 3.84. The van der Waals surface area contributed by atoms with Crippen LogP contribution in [0.15, 0.2) is 42.5 Å². The molecule has 0 aliphatic carbocycles. The second-order valence-corrected chi connectivity index (χ2v) is 7.48.